The zero-order valence-electron chi connectivity index (χ0n) is 13.9. The molecule has 0 saturated carbocycles. The molecule has 0 aliphatic carbocycles. The van der Waals surface area contributed by atoms with Crippen molar-refractivity contribution in [2.45, 2.75) is 52.0 Å². The van der Waals surface area contributed by atoms with E-state index >= 15 is 0 Å². The third-order valence-corrected chi connectivity index (χ3v) is 4.72. The van der Waals surface area contributed by atoms with Crippen molar-refractivity contribution < 1.29 is 0 Å². The summed E-state index contributed by atoms with van der Waals surface area (Å²) in [4.78, 5) is 2.72. The molecule has 1 aliphatic heterocycles. The molecule has 2 unspecified atom stereocenters. The Bertz CT molecular complexity index is 370. The van der Waals surface area contributed by atoms with Crippen molar-refractivity contribution in [1.82, 2.24) is 10.2 Å². The summed E-state index contributed by atoms with van der Waals surface area (Å²) < 4.78 is 0. The van der Waals surface area contributed by atoms with Gasteiger partial charge in [0.1, 0.15) is 0 Å². The molecule has 0 aromatic heterocycles. The van der Waals surface area contributed by atoms with Crippen LogP contribution in [0, 0.1) is 5.92 Å². The van der Waals surface area contributed by atoms with E-state index in [1.54, 1.807) is 0 Å². The van der Waals surface area contributed by atoms with Gasteiger partial charge in [0.05, 0.1) is 0 Å². The highest BCUT2D eigenvalue weighted by Crippen LogP contribution is 2.16. The molecule has 0 bridgehead atoms. The molecule has 1 fully saturated rings. The second kappa shape index (κ2) is 9.22. The summed E-state index contributed by atoms with van der Waals surface area (Å²) in [6.07, 6.45) is 6.48. The van der Waals surface area contributed by atoms with Gasteiger partial charge in [0.15, 0.2) is 0 Å². The standard InChI is InChI=1S/C19H32N2/c1-3-14-21(16-19-10-7-13-20-15-19)17(2)11-12-18-8-5-4-6-9-18/h4-6,8-9,17,19-20H,3,7,10-16H2,1-2H3. The summed E-state index contributed by atoms with van der Waals surface area (Å²) in [5, 5.41) is 3.55. The Morgan fingerprint density at radius 3 is 2.76 bits per heavy atom. The van der Waals surface area contributed by atoms with Crippen molar-refractivity contribution in [2.24, 2.45) is 5.92 Å². The summed E-state index contributed by atoms with van der Waals surface area (Å²) in [5.41, 5.74) is 1.47. The van der Waals surface area contributed by atoms with E-state index < -0.39 is 0 Å². The van der Waals surface area contributed by atoms with Gasteiger partial charge in [0.25, 0.3) is 0 Å². The van der Waals surface area contributed by atoms with Gasteiger partial charge in [-0.15, -0.1) is 0 Å². The molecule has 0 amide bonds. The fourth-order valence-corrected chi connectivity index (χ4v) is 3.39. The second-order valence-corrected chi connectivity index (χ2v) is 6.58. The molecule has 2 atom stereocenters. The van der Waals surface area contributed by atoms with E-state index in [2.05, 4.69) is 54.4 Å². The van der Waals surface area contributed by atoms with E-state index in [0.29, 0.717) is 6.04 Å². The van der Waals surface area contributed by atoms with Crippen LogP contribution in [-0.4, -0.2) is 37.1 Å². The van der Waals surface area contributed by atoms with Crippen LogP contribution in [-0.2, 0) is 6.42 Å². The average molecular weight is 288 g/mol. The summed E-state index contributed by atoms with van der Waals surface area (Å²) in [7, 11) is 0. The Morgan fingerprint density at radius 1 is 1.29 bits per heavy atom. The van der Waals surface area contributed by atoms with Gasteiger partial charge in [0.2, 0.25) is 0 Å². The molecule has 2 rings (SSSR count). The van der Waals surface area contributed by atoms with E-state index in [0.717, 1.165) is 5.92 Å². The van der Waals surface area contributed by atoms with E-state index in [1.807, 2.05) is 0 Å². The maximum absolute atomic E-state index is 3.55. The average Bonchev–Trinajstić information content (AvgIpc) is 2.54. The molecule has 2 nitrogen and oxygen atoms in total. The van der Waals surface area contributed by atoms with Crippen LogP contribution in [0.25, 0.3) is 0 Å². The Morgan fingerprint density at radius 2 is 2.10 bits per heavy atom. The van der Waals surface area contributed by atoms with Crippen LogP contribution in [0.2, 0.25) is 0 Å². The first-order chi connectivity index (χ1) is 10.3. The Kier molecular flexibility index (Phi) is 7.25. The lowest BCUT2D eigenvalue weighted by molar-refractivity contribution is 0.156. The highest BCUT2D eigenvalue weighted by molar-refractivity contribution is 5.14. The van der Waals surface area contributed by atoms with Gasteiger partial charge in [-0.25, -0.2) is 0 Å². The fraction of sp³-hybridized carbons (Fsp3) is 0.684. The maximum Gasteiger partial charge on any atom is 0.00702 e. The van der Waals surface area contributed by atoms with Crippen LogP contribution in [0.4, 0.5) is 0 Å². The number of nitrogens with one attached hydrogen (secondary N) is 1. The van der Waals surface area contributed by atoms with Crippen LogP contribution in [0.15, 0.2) is 30.3 Å². The smallest absolute Gasteiger partial charge is 0.00702 e. The monoisotopic (exact) mass is 288 g/mol. The molecule has 1 aromatic rings. The first kappa shape index (κ1) is 16.5. The molecular formula is C19H32N2. The fourth-order valence-electron chi connectivity index (χ4n) is 3.39. The largest absolute Gasteiger partial charge is 0.316 e. The van der Waals surface area contributed by atoms with Gasteiger partial charge in [0, 0.05) is 12.6 Å². The van der Waals surface area contributed by atoms with Crippen molar-refractivity contribution in [3.8, 4) is 0 Å². The number of hydrogen-bond acceptors (Lipinski definition) is 2. The summed E-state index contributed by atoms with van der Waals surface area (Å²) in [5.74, 6) is 0.851. The van der Waals surface area contributed by atoms with Gasteiger partial charge in [-0.1, -0.05) is 37.3 Å². The normalized spacial score (nSPS) is 20.6. The molecule has 1 aromatic carbocycles. The van der Waals surface area contributed by atoms with Crippen LogP contribution in [0.1, 0.15) is 45.1 Å². The molecule has 21 heavy (non-hydrogen) atoms. The van der Waals surface area contributed by atoms with Crippen molar-refractivity contribution in [1.29, 1.82) is 0 Å². The first-order valence-electron chi connectivity index (χ1n) is 8.78. The van der Waals surface area contributed by atoms with E-state index in [-0.39, 0.29) is 0 Å². The third kappa shape index (κ3) is 5.80. The van der Waals surface area contributed by atoms with E-state index in [4.69, 9.17) is 0 Å². The molecule has 2 heteroatoms. The van der Waals surface area contributed by atoms with Crippen molar-refractivity contribution in [2.75, 3.05) is 26.2 Å². The number of piperidine rings is 1. The highest BCUT2D eigenvalue weighted by Gasteiger charge is 2.20. The highest BCUT2D eigenvalue weighted by atomic mass is 15.2. The van der Waals surface area contributed by atoms with Crippen LogP contribution in [0.3, 0.4) is 0 Å². The summed E-state index contributed by atoms with van der Waals surface area (Å²) in [6, 6.07) is 11.6. The molecule has 0 radical (unpaired) electrons. The molecule has 0 spiro atoms. The van der Waals surface area contributed by atoms with Gasteiger partial charge < -0.3 is 10.2 Å². The van der Waals surface area contributed by atoms with E-state index in [9.17, 15) is 0 Å². The third-order valence-electron chi connectivity index (χ3n) is 4.72. The van der Waals surface area contributed by atoms with Gasteiger partial charge in [-0.05, 0) is 70.1 Å². The van der Waals surface area contributed by atoms with E-state index in [1.165, 1.54) is 63.8 Å². The van der Waals surface area contributed by atoms with Crippen LogP contribution in [0.5, 0.6) is 0 Å². The summed E-state index contributed by atoms with van der Waals surface area (Å²) >= 11 is 0. The van der Waals surface area contributed by atoms with Gasteiger partial charge in [-0.3, -0.25) is 0 Å². The molecule has 118 valence electrons. The number of aryl methyl sites for hydroxylation is 1. The zero-order valence-corrected chi connectivity index (χ0v) is 13.9. The SMILES string of the molecule is CCCN(CC1CCCNC1)C(C)CCc1ccccc1. The lowest BCUT2D eigenvalue weighted by atomic mass is 9.97. The Balaban J connectivity index is 1.81. The lowest BCUT2D eigenvalue weighted by Crippen LogP contribution is -2.42. The molecule has 1 heterocycles. The number of benzene rings is 1. The predicted molar refractivity (Wildman–Crippen MR) is 91.7 cm³/mol. The van der Waals surface area contributed by atoms with Crippen molar-refractivity contribution in [3.05, 3.63) is 35.9 Å². The minimum Gasteiger partial charge on any atom is -0.316 e. The number of nitrogens with zero attached hydrogens (tertiary/aromatic N) is 1. The molecule has 1 saturated heterocycles. The van der Waals surface area contributed by atoms with Gasteiger partial charge in [-0.2, -0.15) is 0 Å². The topological polar surface area (TPSA) is 15.3 Å². The minimum atomic E-state index is 0.687. The van der Waals surface area contributed by atoms with Crippen molar-refractivity contribution in [3.63, 3.8) is 0 Å². The second-order valence-electron chi connectivity index (χ2n) is 6.58. The van der Waals surface area contributed by atoms with Crippen LogP contribution >= 0.6 is 0 Å². The lowest BCUT2D eigenvalue weighted by Gasteiger charge is -2.34. The minimum absolute atomic E-state index is 0.687. The Labute approximate surface area is 130 Å². The Hall–Kier alpha value is -0.860. The van der Waals surface area contributed by atoms with Crippen LogP contribution < -0.4 is 5.32 Å². The number of rotatable bonds is 8. The maximum atomic E-state index is 3.55. The van der Waals surface area contributed by atoms with Gasteiger partial charge >= 0.3 is 0 Å². The first-order valence-corrected chi connectivity index (χ1v) is 8.78. The quantitative estimate of drug-likeness (QED) is 0.784. The number of hydrogen-bond donors (Lipinski definition) is 1. The molecule has 1 aliphatic rings. The molecular weight excluding hydrogens is 256 g/mol. The van der Waals surface area contributed by atoms with Crippen molar-refractivity contribution >= 4 is 0 Å². The summed E-state index contributed by atoms with van der Waals surface area (Å²) in [6.45, 7) is 9.66. The molecule has 1 N–H and O–H groups in total. The zero-order chi connectivity index (χ0) is 14.9. The predicted octanol–water partition coefficient (Wildman–Crippen LogP) is 3.72.